The van der Waals surface area contributed by atoms with Crippen molar-refractivity contribution < 1.29 is 24.3 Å². The highest BCUT2D eigenvalue weighted by molar-refractivity contribution is 6.46. The lowest BCUT2D eigenvalue weighted by Gasteiger charge is -2.28. The SMILES string of the molecule is CCCOc1ccc(/C([O-])=C2\C(=O)C(=O)N(CCC[NH+](C)C)C2c2ccc(C(C)C)cc2)cc1. The first-order valence-corrected chi connectivity index (χ1v) is 12.1. The van der Waals surface area contributed by atoms with E-state index in [2.05, 4.69) is 13.8 Å². The Bertz CT molecular complexity index is 1020. The number of amides is 1. The maximum atomic E-state index is 13.5. The van der Waals surface area contributed by atoms with Gasteiger partial charge in [-0.15, -0.1) is 0 Å². The Morgan fingerprint density at radius 2 is 1.71 bits per heavy atom. The van der Waals surface area contributed by atoms with Crippen LogP contribution in [0.3, 0.4) is 0 Å². The lowest BCUT2D eigenvalue weighted by Crippen LogP contribution is -3.05. The molecular formula is C28H36N2O4. The second kappa shape index (κ2) is 11.3. The molecule has 0 radical (unpaired) electrons. The second-order valence-corrected chi connectivity index (χ2v) is 9.48. The van der Waals surface area contributed by atoms with E-state index in [1.165, 1.54) is 4.90 Å². The molecule has 34 heavy (non-hydrogen) atoms. The van der Waals surface area contributed by atoms with E-state index >= 15 is 0 Å². The molecule has 0 aromatic heterocycles. The molecule has 1 atom stereocenters. The Morgan fingerprint density at radius 1 is 1.06 bits per heavy atom. The average Bonchev–Trinajstić information content (AvgIpc) is 3.07. The molecule has 0 aliphatic carbocycles. The normalized spacial score (nSPS) is 17.7. The van der Waals surface area contributed by atoms with Crippen molar-refractivity contribution in [2.75, 3.05) is 33.8 Å². The zero-order valence-electron chi connectivity index (χ0n) is 20.9. The van der Waals surface area contributed by atoms with Crippen molar-refractivity contribution in [3.8, 4) is 5.75 Å². The summed E-state index contributed by atoms with van der Waals surface area (Å²) in [5.74, 6) is -0.673. The van der Waals surface area contributed by atoms with Gasteiger partial charge in [-0.05, 0) is 41.2 Å². The molecule has 1 N–H and O–H groups in total. The number of hydrogen-bond acceptors (Lipinski definition) is 4. The van der Waals surface area contributed by atoms with Gasteiger partial charge in [-0.1, -0.05) is 62.9 Å². The molecule has 0 saturated carbocycles. The Hall–Kier alpha value is -3.12. The molecule has 6 nitrogen and oxygen atoms in total. The molecule has 1 fully saturated rings. The molecule has 0 bridgehead atoms. The van der Waals surface area contributed by atoms with Crippen molar-refractivity contribution in [1.29, 1.82) is 0 Å². The minimum absolute atomic E-state index is 0.0294. The Morgan fingerprint density at radius 3 is 2.26 bits per heavy atom. The first-order valence-electron chi connectivity index (χ1n) is 12.1. The number of likely N-dealkylation sites (tertiary alicyclic amines) is 1. The number of ether oxygens (including phenoxy) is 1. The molecule has 3 rings (SSSR count). The number of nitrogens with one attached hydrogen (secondary N) is 1. The van der Waals surface area contributed by atoms with Crippen LogP contribution >= 0.6 is 0 Å². The van der Waals surface area contributed by atoms with Gasteiger partial charge in [0.25, 0.3) is 5.91 Å². The van der Waals surface area contributed by atoms with E-state index in [1.54, 1.807) is 29.2 Å². The first-order chi connectivity index (χ1) is 16.2. The quantitative estimate of drug-likeness (QED) is 0.333. The molecule has 182 valence electrons. The van der Waals surface area contributed by atoms with Crippen LogP contribution in [0.5, 0.6) is 5.75 Å². The molecule has 0 spiro atoms. The fourth-order valence-electron chi connectivity index (χ4n) is 4.19. The van der Waals surface area contributed by atoms with Gasteiger partial charge in [0.15, 0.2) is 0 Å². The molecule has 1 heterocycles. The van der Waals surface area contributed by atoms with E-state index in [9.17, 15) is 14.7 Å². The number of ketones is 1. The third-order valence-corrected chi connectivity index (χ3v) is 6.11. The van der Waals surface area contributed by atoms with Gasteiger partial charge in [-0.2, -0.15) is 0 Å². The molecule has 1 amide bonds. The van der Waals surface area contributed by atoms with E-state index in [0.29, 0.717) is 30.4 Å². The number of carbonyl (C=O) groups excluding carboxylic acids is 2. The van der Waals surface area contributed by atoms with Gasteiger partial charge in [0, 0.05) is 18.5 Å². The van der Waals surface area contributed by atoms with Crippen molar-refractivity contribution in [3.63, 3.8) is 0 Å². The number of benzene rings is 2. The monoisotopic (exact) mass is 464 g/mol. The summed E-state index contributed by atoms with van der Waals surface area (Å²) < 4.78 is 5.61. The van der Waals surface area contributed by atoms with E-state index in [-0.39, 0.29) is 5.57 Å². The van der Waals surface area contributed by atoms with Gasteiger partial charge in [0.2, 0.25) is 5.78 Å². The minimum Gasteiger partial charge on any atom is -0.872 e. The zero-order valence-corrected chi connectivity index (χ0v) is 20.9. The third kappa shape index (κ3) is 5.68. The molecule has 1 saturated heterocycles. The van der Waals surface area contributed by atoms with Gasteiger partial charge in [0.05, 0.1) is 33.3 Å². The number of carbonyl (C=O) groups is 2. The predicted molar refractivity (Wildman–Crippen MR) is 131 cm³/mol. The molecule has 1 unspecified atom stereocenters. The van der Waals surface area contributed by atoms with Crippen LogP contribution in [0.1, 0.15) is 62.3 Å². The smallest absolute Gasteiger partial charge is 0.295 e. The number of nitrogens with zero attached hydrogens (tertiary/aromatic N) is 1. The highest BCUT2D eigenvalue weighted by Gasteiger charge is 2.43. The minimum atomic E-state index is -0.702. The van der Waals surface area contributed by atoms with Gasteiger partial charge in [-0.25, -0.2) is 0 Å². The summed E-state index contributed by atoms with van der Waals surface area (Å²) in [7, 11) is 4.10. The maximum absolute atomic E-state index is 13.5. The number of hydrogen-bond donors (Lipinski definition) is 1. The molecule has 2 aromatic rings. The zero-order chi connectivity index (χ0) is 24.8. The Kier molecular flexibility index (Phi) is 8.51. The van der Waals surface area contributed by atoms with Gasteiger partial charge >= 0.3 is 0 Å². The molecular weight excluding hydrogens is 428 g/mol. The van der Waals surface area contributed by atoms with Gasteiger partial charge in [-0.3, -0.25) is 9.59 Å². The van der Waals surface area contributed by atoms with Crippen LogP contribution in [-0.4, -0.2) is 50.4 Å². The number of rotatable bonds is 10. The second-order valence-electron chi connectivity index (χ2n) is 9.48. The van der Waals surface area contributed by atoms with Crippen molar-refractivity contribution in [1.82, 2.24) is 4.90 Å². The summed E-state index contributed by atoms with van der Waals surface area (Å²) in [6.45, 7) is 8.13. The topological polar surface area (TPSA) is 74.1 Å². The Labute approximate surface area is 202 Å². The van der Waals surface area contributed by atoms with Crippen LogP contribution in [-0.2, 0) is 9.59 Å². The van der Waals surface area contributed by atoms with E-state index in [0.717, 1.165) is 30.5 Å². The summed E-state index contributed by atoms with van der Waals surface area (Å²) >= 11 is 0. The highest BCUT2D eigenvalue weighted by Crippen LogP contribution is 2.39. The van der Waals surface area contributed by atoms with Gasteiger partial charge in [0.1, 0.15) is 5.75 Å². The average molecular weight is 465 g/mol. The third-order valence-electron chi connectivity index (χ3n) is 6.11. The summed E-state index contributed by atoms with van der Waals surface area (Å²) in [6.07, 6.45) is 1.63. The standard InChI is InChI=1S/C28H36N2O4/c1-6-18-34-23-14-12-22(13-15-23)26(31)24-25(21-10-8-20(9-11-21)19(2)3)30(28(33)27(24)32)17-7-16-29(4)5/h8-15,19,25,31H,6-7,16-18H2,1-5H3/b26-24+. The largest absolute Gasteiger partial charge is 0.872 e. The predicted octanol–water partition coefficient (Wildman–Crippen LogP) is 2.36. The summed E-state index contributed by atoms with van der Waals surface area (Å²) in [5.41, 5.74) is 2.36. The highest BCUT2D eigenvalue weighted by atomic mass is 16.5. The van der Waals surface area contributed by atoms with E-state index in [1.807, 2.05) is 45.3 Å². The molecule has 6 heteroatoms. The van der Waals surface area contributed by atoms with Crippen LogP contribution in [0, 0.1) is 0 Å². The van der Waals surface area contributed by atoms with Crippen LogP contribution in [0.25, 0.3) is 5.76 Å². The van der Waals surface area contributed by atoms with Gasteiger partial charge < -0.3 is 19.6 Å². The van der Waals surface area contributed by atoms with Crippen LogP contribution in [0.2, 0.25) is 0 Å². The summed E-state index contributed by atoms with van der Waals surface area (Å²) in [4.78, 5) is 29.0. The summed E-state index contributed by atoms with van der Waals surface area (Å²) in [6, 6.07) is 14.0. The van der Waals surface area contributed by atoms with Crippen LogP contribution < -0.4 is 14.7 Å². The van der Waals surface area contributed by atoms with Crippen LogP contribution in [0.15, 0.2) is 54.1 Å². The van der Waals surface area contributed by atoms with Crippen molar-refractivity contribution in [2.24, 2.45) is 0 Å². The van der Waals surface area contributed by atoms with Crippen molar-refractivity contribution in [2.45, 2.75) is 45.6 Å². The molecule has 1 aliphatic heterocycles. The van der Waals surface area contributed by atoms with Crippen molar-refractivity contribution >= 4 is 17.4 Å². The van der Waals surface area contributed by atoms with E-state index < -0.39 is 23.5 Å². The maximum Gasteiger partial charge on any atom is 0.295 e. The number of quaternary nitrogens is 1. The van der Waals surface area contributed by atoms with Crippen molar-refractivity contribution in [3.05, 3.63) is 70.8 Å². The lowest BCUT2D eigenvalue weighted by molar-refractivity contribution is -0.858. The molecule has 2 aromatic carbocycles. The van der Waals surface area contributed by atoms with Crippen LogP contribution in [0.4, 0.5) is 0 Å². The fraction of sp³-hybridized carbons (Fsp3) is 0.429. The van der Waals surface area contributed by atoms with E-state index in [4.69, 9.17) is 4.74 Å². The number of Topliss-reactive ketones (excluding diaryl/α,β-unsaturated/α-hetero) is 1. The summed E-state index contributed by atoms with van der Waals surface area (Å²) in [5, 5.41) is 13.5. The fourth-order valence-corrected chi connectivity index (χ4v) is 4.19. The molecule has 1 aliphatic rings. The first kappa shape index (κ1) is 25.5. The lowest BCUT2D eigenvalue weighted by atomic mass is 9.93. The Balaban J connectivity index is 2.02.